The lowest BCUT2D eigenvalue weighted by Crippen LogP contribution is -2.39. The van der Waals surface area contributed by atoms with Crippen LogP contribution < -0.4 is 10.6 Å². The van der Waals surface area contributed by atoms with E-state index in [1.54, 1.807) is 0 Å². The first-order chi connectivity index (χ1) is 8.66. The molecule has 0 aliphatic carbocycles. The Morgan fingerprint density at radius 2 is 2.28 bits per heavy atom. The van der Waals surface area contributed by atoms with Gasteiger partial charge in [-0.3, -0.25) is 9.89 Å². The molecule has 1 amide bonds. The van der Waals surface area contributed by atoms with E-state index in [1.807, 2.05) is 6.07 Å². The monoisotopic (exact) mass is 250 g/mol. The van der Waals surface area contributed by atoms with Crippen molar-refractivity contribution in [3.63, 3.8) is 0 Å². The Hall–Kier alpha value is -1.36. The lowest BCUT2D eigenvalue weighted by Gasteiger charge is -2.14. The molecule has 0 radical (unpaired) electrons. The van der Waals surface area contributed by atoms with Gasteiger partial charge in [0.1, 0.15) is 0 Å². The number of hydrogen-bond donors (Lipinski definition) is 3. The van der Waals surface area contributed by atoms with Crippen LogP contribution in [0.4, 0.5) is 5.82 Å². The topological polar surface area (TPSA) is 69.8 Å². The first-order valence-electron chi connectivity index (χ1n) is 6.76. The number of rotatable bonds is 3. The molecule has 1 aromatic rings. The molecule has 1 saturated heterocycles. The smallest absolute Gasteiger partial charge is 0.242 e. The molecule has 2 rings (SSSR count). The van der Waals surface area contributed by atoms with E-state index in [1.165, 1.54) is 6.42 Å². The highest BCUT2D eigenvalue weighted by Crippen LogP contribution is 2.16. The molecule has 1 unspecified atom stereocenters. The highest BCUT2D eigenvalue weighted by Gasteiger charge is 2.20. The third-order valence-electron chi connectivity index (χ3n) is 3.35. The predicted molar refractivity (Wildman–Crippen MR) is 71.6 cm³/mol. The Balaban J connectivity index is 1.92. The van der Waals surface area contributed by atoms with Crippen molar-refractivity contribution >= 4 is 11.7 Å². The zero-order valence-corrected chi connectivity index (χ0v) is 11.1. The lowest BCUT2D eigenvalue weighted by atomic mass is 10.1. The molecule has 5 nitrogen and oxygen atoms in total. The number of nitrogens with zero attached hydrogens (tertiary/aromatic N) is 1. The van der Waals surface area contributed by atoms with E-state index in [9.17, 15) is 4.79 Å². The van der Waals surface area contributed by atoms with Gasteiger partial charge in [0.05, 0.1) is 6.04 Å². The van der Waals surface area contributed by atoms with E-state index in [4.69, 9.17) is 0 Å². The first-order valence-corrected chi connectivity index (χ1v) is 6.76. The van der Waals surface area contributed by atoms with Crippen molar-refractivity contribution in [1.82, 2.24) is 15.5 Å². The number of carbonyl (C=O) groups is 1. The molecule has 3 N–H and O–H groups in total. The minimum atomic E-state index is -0.0771. The second-order valence-electron chi connectivity index (χ2n) is 5.21. The zero-order valence-electron chi connectivity index (χ0n) is 11.1. The van der Waals surface area contributed by atoms with Gasteiger partial charge in [0.2, 0.25) is 5.91 Å². The van der Waals surface area contributed by atoms with E-state index in [0.717, 1.165) is 31.5 Å². The van der Waals surface area contributed by atoms with Crippen LogP contribution in [-0.4, -0.2) is 28.7 Å². The molecule has 1 fully saturated rings. The summed E-state index contributed by atoms with van der Waals surface area (Å²) in [6, 6.07) is 1.82. The van der Waals surface area contributed by atoms with Gasteiger partial charge in [0.15, 0.2) is 5.82 Å². The number of H-pyrrole nitrogens is 1. The minimum Gasteiger partial charge on any atom is -0.308 e. The maximum Gasteiger partial charge on any atom is 0.242 e. The van der Waals surface area contributed by atoms with Gasteiger partial charge >= 0.3 is 0 Å². The SMILES string of the molecule is CC(C)c1cc(NC(=O)C2CCCCCN2)n[nH]1. The summed E-state index contributed by atoms with van der Waals surface area (Å²) in [6.07, 6.45) is 4.39. The highest BCUT2D eigenvalue weighted by molar-refractivity contribution is 5.94. The van der Waals surface area contributed by atoms with Gasteiger partial charge in [0, 0.05) is 11.8 Å². The Bertz CT molecular complexity index is 391. The van der Waals surface area contributed by atoms with Crippen molar-refractivity contribution in [2.45, 2.75) is 51.5 Å². The fourth-order valence-electron chi connectivity index (χ4n) is 2.16. The van der Waals surface area contributed by atoms with Crippen LogP contribution in [0.15, 0.2) is 6.07 Å². The van der Waals surface area contributed by atoms with E-state index >= 15 is 0 Å². The molecule has 1 aliphatic heterocycles. The minimum absolute atomic E-state index is 0.0266. The van der Waals surface area contributed by atoms with Gasteiger partial charge < -0.3 is 10.6 Å². The maximum absolute atomic E-state index is 12.1. The third-order valence-corrected chi connectivity index (χ3v) is 3.35. The fraction of sp³-hybridized carbons (Fsp3) is 0.692. The summed E-state index contributed by atoms with van der Waals surface area (Å²) >= 11 is 0. The number of amides is 1. The average Bonchev–Trinajstić information content (AvgIpc) is 2.64. The summed E-state index contributed by atoms with van der Waals surface area (Å²) in [4.78, 5) is 12.1. The molecule has 100 valence electrons. The normalized spacial score (nSPS) is 20.7. The second kappa shape index (κ2) is 6.00. The van der Waals surface area contributed by atoms with Crippen molar-refractivity contribution in [1.29, 1.82) is 0 Å². The number of nitrogens with one attached hydrogen (secondary N) is 3. The number of carbonyl (C=O) groups excluding carboxylic acids is 1. The molecular weight excluding hydrogens is 228 g/mol. The summed E-state index contributed by atoms with van der Waals surface area (Å²) in [6.45, 7) is 5.10. The van der Waals surface area contributed by atoms with Gasteiger partial charge in [-0.1, -0.05) is 26.7 Å². The summed E-state index contributed by atoms with van der Waals surface area (Å²) in [5.74, 6) is 1.03. The maximum atomic E-state index is 12.1. The van der Waals surface area contributed by atoms with Crippen LogP contribution in [0.25, 0.3) is 0 Å². The molecule has 2 heterocycles. The van der Waals surface area contributed by atoms with Crippen molar-refractivity contribution in [3.8, 4) is 0 Å². The molecule has 1 aliphatic rings. The van der Waals surface area contributed by atoms with Crippen molar-refractivity contribution in [2.24, 2.45) is 0 Å². The largest absolute Gasteiger partial charge is 0.308 e. The molecule has 5 heteroatoms. The molecule has 0 aromatic carbocycles. The molecule has 1 atom stereocenters. The van der Waals surface area contributed by atoms with Crippen LogP contribution in [0.2, 0.25) is 0 Å². The van der Waals surface area contributed by atoms with Crippen LogP contribution in [-0.2, 0) is 4.79 Å². The van der Waals surface area contributed by atoms with Crippen LogP contribution >= 0.6 is 0 Å². The average molecular weight is 250 g/mol. The molecule has 0 saturated carbocycles. The quantitative estimate of drug-likeness (QED) is 0.768. The molecular formula is C13H22N4O. The number of aromatic amines is 1. The van der Waals surface area contributed by atoms with E-state index in [-0.39, 0.29) is 11.9 Å². The van der Waals surface area contributed by atoms with E-state index in [2.05, 4.69) is 34.7 Å². The molecule has 0 bridgehead atoms. The highest BCUT2D eigenvalue weighted by atomic mass is 16.2. The van der Waals surface area contributed by atoms with E-state index in [0.29, 0.717) is 11.7 Å². The van der Waals surface area contributed by atoms with E-state index < -0.39 is 0 Å². The predicted octanol–water partition coefficient (Wildman–Crippen LogP) is 2.00. The Morgan fingerprint density at radius 1 is 1.44 bits per heavy atom. The van der Waals surface area contributed by atoms with Gasteiger partial charge in [-0.2, -0.15) is 5.10 Å². The molecule has 1 aromatic heterocycles. The van der Waals surface area contributed by atoms with Gasteiger partial charge in [-0.25, -0.2) is 0 Å². The van der Waals surface area contributed by atoms with Gasteiger partial charge in [-0.05, 0) is 25.3 Å². The van der Waals surface area contributed by atoms with Crippen molar-refractivity contribution in [3.05, 3.63) is 11.8 Å². The summed E-state index contributed by atoms with van der Waals surface area (Å²) < 4.78 is 0. The number of anilines is 1. The van der Waals surface area contributed by atoms with Crippen molar-refractivity contribution in [2.75, 3.05) is 11.9 Å². The Morgan fingerprint density at radius 3 is 3.00 bits per heavy atom. The van der Waals surface area contributed by atoms with Crippen LogP contribution in [0.1, 0.15) is 51.1 Å². The number of hydrogen-bond acceptors (Lipinski definition) is 3. The second-order valence-corrected chi connectivity index (χ2v) is 5.21. The molecule has 18 heavy (non-hydrogen) atoms. The summed E-state index contributed by atoms with van der Waals surface area (Å²) in [5, 5.41) is 13.2. The summed E-state index contributed by atoms with van der Waals surface area (Å²) in [7, 11) is 0. The zero-order chi connectivity index (χ0) is 13.0. The van der Waals surface area contributed by atoms with Gasteiger partial charge in [-0.15, -0.1) is 0 Å². The van der Waals surface area contributed by atoms with Crippen LogP contribution in [0, 0.1) is 0 Å². The fourth-order valence-corrected chi connectivity index (χ4v) is 2.16. The Kier molecular flexibility index (Phi) is 4.36. The number of aromatic nitrogens is 2. The lowest BCUT2D eigenvalue weighted by molar-refractivity contribution is -0.118. The Labute approximate surface area is 108 Å². The van der Waals surface area contributed by atoms with Crippen LogP contribution in [0.3, 0.4) is 0 Å². The van der Waals surface area contributed by atoms with Crippen LogP contribution in [0.5, 0.6) is 0 Å². The van der Waals surface area contributed by atoms with Crippen molar-refractivity contribution < 1.29 is 4.79 Å². The third kappa shape index (κ3) is 3.32. The summed E-state index contributed by atoms with van der Waals surface area (Å²) in [5.41, 5.74) is 1.04. The molecule has 0 spiro atoms. The first kappa shape index (κ1) is 13.1. The standard InChI is InChI=1S/C13H22N4O/c1-9(2)11-8-12(17-16-11)15-13(18)10-6-4-3-5-7-14-10/h8-10,14H,3-7H2,1-2H3,(H2,15,16,17,18). The van der Waals surface area contributed by atoms with Gasteiger partial charge in [0.25, 0.3) is 0 Å².